The highest BCUT2D eigenvalue weighted by molar-refractivity contribution is 7.43. The van der Waals surface area contributed by atoms with Crippen LogP contribution in [-0.4, -0.2) is 24.4 Å². The average Bonchev–Trinajstić information content (AvgIpc) is 3.60. The minimum absolute atomic E-state index is 0.00221. The third kappa shape index (κ3) is 14.4. The summed E-state index contributed by atoms with van der Waals surface area (Å²) in [7, 11) is -0.987. The lowest BCUT2D eigenvalue weighted by molar-refractivity contribution is 0.281. The van der Waals surface area contributed by atoms with Gasteiger partial charge >= 0.3 is 16.8 Å². The Morgan fingerprint density at radius 3 is 1.52 bits per heavy atom. The molecule has 7 aromatic rings. The third-order valence-corrected chi connectivity index (χ3v) is 16.2. The van der Waals surface area contributed by atoms with Gasteiger partial charge in [0.2, 0.25) is 0 Å². The predicted molar refractivity (Wildman–Crippen MR) is 308 cm³/mol. The van der Waals surface area contributed by atoms with E-state index in [4.69, 9.17) is 36.0 Å². The Balaban J connectivity index is 1.50. The first-order valence-corrected chi connectivity index (χ1v) is 29.5. The lowest BCUT2D eigenvalue weighted by Gasteiger charge is -2.25. The molecular formula is C63H80O10P2. The maximum Gasteiger partial charge on any atom is 0.530 e. The molecule has 12 heteroatoms. The lowest BCUT2D eigenvalue weighted by atomic mass is 9.91. The molecule has 1 aromatic heterocycles. The highest BCUT2D eigenvalue weighted by Gasteiger charge is 2.30. The average molecular weight is 1060 g/mol. The van der Waals surface area contributed by atoms with E-state index < -0.39 is 16.8 Å². The van der Waals surface area contributed by atoms with E-state index in [1.54, 1.807) is 14.2 Å². The van der Waals surface area contributed by atoms with Crippen LogP contribution in [0, 0.1) is 6.92 Å². The highest BCUT2D eigenvalue weighted by atomic mass is 31.2. The Labute approximate surface area is 448 Å². The van der Waals surface area contributed by atoms with Crippen LogP contribution in [0.15, 0.2) is 105 Å². The molecular weight excluding hydrogens is 979 g/mol. The molecule has 0 aliphatic rings. The SMILES string of the molecule is CCCCc1cc(OC)cc(-c2cc(OC)cc(C(C)CC)c2Op2oc3c(CCCC)cc(CO)cc3c3cc(CO)cc(CCCC)c3o2)c1OP(Oc1ccc(C)cc1)Oc1ccc(C(C)CCCC)cc1. The smallest absolute Gasteiger partial charge is 0.497 e. The van der Waals surface area contributed by atoms with Crippen molar-refractivity contribution in [2.24, 2.45) is 0 Å². The van der Waals surface area contributed by atoms with E-state index in [9.17, 15) is 10.2 Å². The van der Waals surface area contributed by atoms with Gasteiger partial charge in [-0.15, -0.1) is 0 Å². The highest BCUT2D eigenvalue weighted by Crippen LogP contribution is 2.54. The number of unbranched alkanes of at least 4 members (excludes halogenated alkanes) is 4. The van der Waals surface area contributed by atoms with E-state index in [1.807, 2.05) is 84.9 Å². The molecule has 6 aromatic carbocycles. The summed E-state index contributed by atoms with van der Waals surface area (Å²) < 4.78 is 54.9. The largest absolute Gasteiger partial charge is 0.530 e. The molecule has 0 spiro atoms. The minimum Gasteiger partial charge on any atom is -0.497 e. The molecule has 75 heavy (non-hydrogen) atoms. The van der Waals surface area contributed by atoms with Gasteiger partial charge in [-0.3, -0.25) is 0 Å². The fourth-order valence-electron chi connectivity index (χ4n) is 9.40. The van der Waals surface area contributed by atoms with Gasteiger partial charge in [0.05, 0.1) is 27.4 Å². The Kier molecular flexibility index (Phi) is 21.3. The lowest BCUT2D eigenvalue weighted by Crippen LogP contribution is -2.07. The predicted octanol–water partition coefficient (Wildman–Crippen LogP) is 18.7. The maximum atomic E-state index is 10.6. The van der Waals surface area contributed by atoms with Crippen molar-refractivity contribution < 1.29 is 46.2 Å². The second-order valence-corrected chi connectivity index (χ2v) is 21.9. The number of aliphatic hydroxyl groups is 2. The van der Waals surface area contributed by atoms with Gasteiger partial charge in [0.15, 0.2) is 0 Å². The summed E-state index contributed by atoms with van der Waals surface area (Å²) in [5.74, 6) is 4.10. The second kappa shape index (κ2) is 27.9. The molecule has 0 saturated heterocycles. The summed E-state index contributed by atoms with van der Waals surface area (Å²) in [6, 6.07) is 32.3. The van der Waals surface area contributed by atoms with Gasteiger partial charge < -0.3 is 46.2 Å². The summed E-state index contributed by atoms with van der Waals surface area (Å²) >= 11 is 0. The number of hydrogen-bond donors (Lipinski definition) is 2. The van der Waals surface area contributed by atoms with Crippen LogP contribution in [0.25, 0.3) is 33.1 Å². The van der Waals surface area contributed by atoms with Gasteiger partial charge in [0.1, 0.15) is 45.7 Å². The number of ether oxygens (including phenoxy) is 2. The van der Waals surface area contributed by atoms with Crippen LogP contribution in [0.2, 0.25) is 0 Å². The fourth-order valence-corrected chi connectivity index (χ4v) is 11.7. The molecule has 1 heterocycles. The van der Waals surface area contributed by atoms with Crippen molar-refractivity contribution in [2.45, 2.75) is 164 Å². The van der Waals surface area contributed by atoms with Gasteiger partial charge in [-0.25, -0.2) is 0 Å². The number of rotatable bonds is 28. The molecule has 10 nitrogen and oxygen atoms in total. The summed E-state index contributed by atoms with van der Waals surface area (Å²) in [5.41, 5.74) is 10.3. The van der Waals surface area contributed by atoms with E-state index >= 15 is 0 Å². The third-order valence-electron chi connectivity index (χ3n) is 14.1. The summed E-state index contributed by atoms with van der Waals surface area (Å²) in [6.45, 7) is 17.1. The van der Waals surface area contributed by atoms with Crippen LogP contribution in [0.5, 0.6) is 34.5 Å². The van der Waals surface area contributed by atoms with Crippen molar-refractivity contribution in [1.82, 2.24) is 0 Å². The van der Waals surface area contributed by atoms with Gasteiger partial charge in [0, 0.05) is 27.5 Å². The van der Waals surface area contributed by atoms with Crippen LogP contribution >= 0.6 is 16.8 Å². The van der Waals surface area contributed by atoms with Crippen LogP contribution in [-0.2, 0) is 32.5 Å². The summed E-state index contributed by atoms with van der Waals surface area (Å²) in [4.78, 5) is 0. The molecule has 0 aliphatic heterocycles. The van der Waals surface area contributed by atoms with Crippen molar-refractivity contribution in [2.75, 3.05) is 14.2 Å². The van der Waals surface area contributed by atoms with E-state index in [2.05, 4.69) is 67.5 Å². The quantitative estimate of drug-likeness (QED) is 0.0459. The number of aryl methyl sites for hydroxylation is 4. The Morgan fingerprint density at radius 2 is 1.03 bits per heavy atom. The van der Waals surface area contributed by atoms with Gasteiger partial charge in [0.25, 0.3) is 0 Å². The first-order valence-electron chi connectivity index (χ1n) is 27.3. The van der Waals surface area contributed by atoms with Crippen LogP contribution < -0.4 is 27.6 Å². The molecule has 0 aliphatic carbocycles. The molecule has 2 N–H and O–H groups in total. The van der Waals surface area contributed by atoms with Crippen molar-refractivity contribution in [3.63, 3.8) is 0 Å². The molecule has 3 unspecified atom stereocenters. The Hall–Kier alpha value is -5.63. The maximum absolute atomic E-state index is 10.6. The molecule has 0 bridgehead atoms. The fraction of sp³-hybridized carbons (Fsp3) is 0.429. The molecule has 0 radical (unpaired) electrons. The number of methoxy groups -OCH3 is 2. The first-order chi connectivity index (χ1) is 36.5. The van der Waals surface area contributed by atoms with Crippen LogP contribution in [0.3, 0.4) is 0 Å². The Bertz CT molecular complexity index is 2910. The zero-order chi connectivity index (χ0) is 53.4. The zero-order valence-corrected chi connectivity index (χ0v) is 47.8. The van der Waals surface area contributed by atoms with Crippen molar-refractivity contribution in [1.29, 1.82) is 0 Å². The van der Waals surface area contributed by atoms with Gasteiger partial charge in [-0.1, -0.05) is 110 Å². The van der Waals surface area contributed by atoms with Crippen molar-refractivity contribution in [3.8, 4) is 45.6 Å². The minimum atomic E-state index is -2.22. The van der Waals surface area contributed by atoms with Gasteiger partial charge in [-0.2, -0.15) is 0 Å². The van der Waals surface area contributed by atoms with E-state index in [0.29, 0.717) is 69.1 Å². The molecule has 7 rings (SSSR count). The van der Waals surface area contributed by atoms with Crippen molar-refractivity contribution in [3.05, 3.63) is 142 Å². The van der Waals surface area contributed by atoms with Gasteiger partial charge in [-0.05, 0) is 176 Å². The van der Waals surface area contributed by atoms with E-state index in [1.165, 1.54) is 12.0 Å². The number of fused-ring (bicyclic) bond motifs is 3. The standard InChI is InChI=1S/C63H80O10P2/c1-11-16-20-44(8)47-26-30-52(31-27-47)69-74(68-51-28-24-42(6)25-29-51)70-62-50(23-19-14-4)36-53(66-9)38-58(62)59-39-54(67-10)37-55(43(7)15-5)63(59)73-75-71-60-48(21-17-12-2)32-45(40-64)34-56(60)57-35-46(41-65)33-49(22-18-13-3)61(57)72-75/h24-39,43-44,64-65H,11-23,40-41H2,1-10H3. The van der Waals surface area contributed by atoms with Crippen molar-refractivity contribution >= 4 is 38.8 Å². The number of aliphatic hydroxyl groups excluding tert-OH is 2. The zero-order valence-electron chi connectivity index (χ0n) is 46.1. The number of benzene rings is 6. The normalized spacial score (nSPS) is 12.6. The monoisotopic (exact) mass is 1060 g/mol. The molecule has 3 atom stereocenters. The van der Waals surface area contributed by atoms with E-state index in [0.717, 1.165) is 120 Å². The second-order valence-electron chi connectivity index (χ2n) is 19.9. The topological polar surface area (TPSA) is 122 Å². The molecule has 402 valence electrons. The Morgan fingerprint density at radius 1 is 0.533 bits per heavy atom. The number of hydrogen-bond acceptors (Lipinski definition) is 10. The first kappa shape index (κ1) is 57.1. The van der Waals surface area contributed by atoms with Crippen LogP contribution in [0.1, 0.15) is 169 Å². The van der Waals surface area contributed by atoms with E-state index in [-0.39, 0.29) is 19.1 Å². The van der Waals surface area contributed by atoms with Crippen LogP contribution in [0.4, 0.5) is 0 Å². The summed E-state index contributed by atoms with van der Waals surface area (Å²) in [5, 5.41) is 22.9. The molecule has 0 fully saturated rings. The summed E-state index contributed by atoms with van der Waals surface area (Å²) in [6.07, 6.45) is 12.0. The molecule has 0 saturated carbocycles. The molecule has 0 amide bonds.